The molecule has 5 heteroatoms. The molecule has 0 saturated heterocycles. The smallest absolute Gasteiger partial charge is 0.253 e. The Bertz CT molecular complexity index is 697. The Morgan fingerprint density at radius 1 is 1.09 bits per heavy atom. The van der Waals surface area contributed by atoms with E-state index in [1.807, 2.05) is 50.2 Å². The Kier molecular flexibility index (Phi) is 5.46. The summed E-state index contributed by atoms with van der Waals surface area (Å²) in [5, 5.41) is 5.34. The lowest BCUT2D eigenvalue weighted by Crippen LogP contribution is -2.40. The molecule has 0 saturated carbocycles. The number of pyridine rings is 1. The molecule has 2 aromatic rings. The Morgan fingerprint density at radius 2 is 1.78 bits per heavy atom. The van der Waals surface area contributed by atoms with Crippen molar-refractivity contribution in [2.24, 2.45) is 0 Å². The number of hydrogen-bond donors (Lipinski definition) is 2. The molecule has 5 nitrogen and oxygen atoms in total. The Morgan fingerprint density at radius 3 is 2.39 bits per heavy atom. The molecule has 0 fully saturated rings. The van der Waals surface area contributed by atoms with Crippen molar-refractivity contribution < 1.29 is 9.59 Å². The van der Waals surface area contributed by atoms with Gasteiger partial charge in [-0.2, -0.15) is 0 Å². The summed E-state index contributed by atoms with van der Waals surface area (Å²) in [6.07, 6.45) is 0. The van der Waals surface area contributed by atoms with Gasteiger partial charge in [0.1, 0.15) is 0 Å². The number of rotatable bonds is 5. The molecule has 2 rings (SSSR count). The van der Waals surface area contributed by atoms with Gasteiger partial charge in [-0.3, -0.25) is 14.6 Å². The summed E-state index contributed by atoms with van der Waals surface area (Å²) < 4.78 is 0. The van der Waals surface area contributed by atoms with Gasteiger partial charge in [-0.15, -0.1) is 0 Å². The fraction of sp³-hybridized carbons (Fsp3) is 0.278. The van der Waals surface area contributed by atoms with Crippen molar-refractivity contribution in [3.8, 4) is 11.3 Å². The number of nitrogens with zero attached hydrogens (tertiary/aromatic N) is 1. The zero-order valence-corrected chi connectivity index (χ0v) is 13.6. The molecular weight excluding hydrogens is 290 g/mol. The molecule has 0 unspecified atom stereocenters. The van der Waals surface area contributed by atoms with Crippen LogP contribution in [-0.2, 0) is 4.79 Å². The summed E-state index contributed by atoms with van der Waals surface area (Å²) in [6.45, 7) is 5.48. The SMILES string of the molecule is Cc1nc(-c2ccccc2)ccc1C(=O)NCC(=O)NC(C)C. The molecule has 0 aliphatic rings. The summed E-state index contributed by atoms with van der Waals surface area (Å²) >= 11 is 0. The highest BCUT2D eigenvalue weighted by Gasteiger charge is 2.12. The second kappa shape index (κ2) is 7.54. The highest BCUT2D eigenvalue weighted by atomic mass is 16.2. The Hall–Kier alpha value is -2.69. The van der Waals surface area contributed by atoms with Crippen LogP contribution < -0.4 is 10.6 Å². The predicted molar refractivity (Wildman–Crippen MR) is 90.0 cm³/mol. The van der Waals surface area contributed by atoms with E-state index in [2.05, 4.69) is 15.6 Å². The number of aryl methyl sites for hydroxylation is 1. The van der Waals surface area contributed by atoms with Crippen LogP contribution >= 0.6 is 0 Å². The summed E-state index contributed by atoms with van der Waals surface area (Å²) in [7, 11) is 0. The van der Waals surface area contributed by atoms with Crippen molar-refractivity contribution in [3.63, 3.8) is 0 Å². The van der Waals surface area contributed by atoms with Gasteiger partial charge in [0, 0.05) is 11.6 Å². The molecule has 1 aromatic heterocycles. The normalized spacial score (nSPS) is 10.4. The van der Waals surface area contributed by atoms with Gasteiger partial charge < -0.3 is 10.6 Å². The van der Waals surface area contributed by atoms with E-state index in [4.69, 9.17) is 0 Å². The van der Waals surface area contributed by atoms with Gasteiger partial charge in [-0.1, -0.05) is 30.3 Å². The van der Waals surface area contributed by atoms with Crippen LogP contribution in [0, 0.1) is 6.92 Å². The molecule has 2 amide bonds. The minimum absolute atomic E-state index is 0.0448. The van der Waals surface area contributed by atoms with E-state index in [0.717, 1.165) is 11.3 Å². The van der Waals surface area contributed by atoms with Gasteiger partial charge in [-0.05, 0) is 32.9 Å². The summed E-state index contributed by atoms with van der Waals surface area (Å²) in [5.74, 6) is -0.506. The number of aromatic nitrogens is 1. The third kappa shape index (κ3) is 4.64. The molecule has 0 radical (unpaired) electrons. The largest absolute Gasteiger partial charge is 0.352 e. The van der Waals surface area contributed by atoms with Crippen LogP contribution in [0.15, 0.2) is 42.5 Å². The fourth-order valence-corrected chi connectivity index (χ4v) is 2.20. The fourth-order valence-electron chi connectivity index (χ4n) is 2.20. The van der Waals surface area contributed by atoms with Gasteiger partial charge in [0.2, 0.25) is 5.91 Å². The molecule has 1 aromatic carbocycles. The first-order chi connectivity index (χ1) is 11.0. The van der Waals surface area contributed by atoms with Gasteiger partial charge in [0.25, 0.3) is 5.91 Å². The maximum absolute atomic E-state index is 12.2. The van der Waals surface area contributed by atoms with Gasteiger partial charge >= 0.3 is 0 Å². The van der Waals surface area contributed by atoms with Crippen molar-refractivity contribution in [1.82, 2.24) is 15.6 Å². The van der Waals surface area contributed by atoms with E-state index in [9.17, 15) is 9.59 Å². The maximum Gasteiger partial charge on any atom is 0.253 e. The Balaban J connectivity index is 2.06. The molecule has 0 bridgehead atoms. The third-order valence-electron chi connectivity index (χ3n) is 3.26. The van der Waals surface area contributed by atoms with Crippen LogP contribution in [0.3, 0.4) is 0 Å². The zero-order valence-electron chi connectivity index (χ0n) is 13.6. The van der Waals surface area contributed by atoms with Crippen LogP contribution in [0.5, 0.6) is 0 Å². The van der Waals surface area contributed by atoms with E-state index in [1.54, 1.807) is 13.0 Å². The van der Waals surface area contributed by atoms with Crippen LogP contribution in [-0.4, -0.2) is 29.4 Å². The molecule has 0 aliphatic heterocycles. The predicted octanol–water partition coefficient (Wildman–Crippen LogP) is 2.31. The first-order valence-electron chi connectivity index (χ1n) is 7.58. The van der Waals surface area contributed by atoms with Crippen molar-refractivity contribution >= 4 is 11.8 Å². The van der Waals surface area contributed by atoms with Crippen molar-refractivity contribution in [2.45, 2.75) is 26.8 Å². The minimum Gasteiger partial charge on any atom is -0.352 e. The molecule has 23 heavy (non-hydrogen) atoms. The zero-order chi connectivity index (χ0) is 16.8. The first kappa shape index (κ1) is 16.7. The molecule has 120 valence electrons. The summed E-state index contributed by atoms with van der Waals surface area (Å²) in [6, 6.07) is 13.4. The molecule has 1 heterocycles. The molecule has 0 spiro atoms. The Labute approximate surface area is 136 Å². The average molecular weight is 311 g/mol. The van der Waals surface area contributed by atoms with Gasteiger partial charge in [-0.25, -0.2) is 0 Å². The van der Waals surface area contributed by atoms with E-state index >= 15 is 0 Å². The molecular formula is C18H21N3O2. The van der Waals surface area contributed by atoms with E-state index in [1.165, 1.54) is 0 Å². The lowest BCUT2D eigenvalue weighted by Gasteiger charge is -2.11. The second-order valence-corrected chi connectivity index (χ2v) is 5.60. The van der Waals surface area contributed by atoms with Crippen molar-refractivity contribution in [1.29, 1.82) is 0 Å². The van der Waals surface area contributed by atoms with Crippen LogP contribution in [0.2, 0.25) is 0 Å². The highest BCUT2D eigenvalue weighted by molar-refractivity contribution is 5.97. The number of hydrogen-bond acceptors (Lipinski definition) is 3. The van der Waals surface area contributed by atoms with Crippen LogP contribution in [0.1, 0.15) is 29.9 Å². The number of benzene rings is 1. The number of carbonyl (C=O) groups excluding carboxylic acids is 2. The lowest BCUT2D eigenvalue weighted by atomic mass is 10.1. The monoisotopic (exact) mass is 311 g/mol. The van der Waals surface area contributed by atoms with E-state index < -0.39 is 0 Å². The number of nitrogens with one attached hydrogen (secondary N) is 2. The summed E-state index contributed by atoms with van der Waals surface area (Å²) in [4.78, 5) is 28.2. The van der Waals surface area contributed by atoms with E-state index in [-0.39, 0.29) is 24.4 Å². The summed E-state index contributed by atoms with van der Waals surface area (Å²) in [5.41, 5.74) is 2.92. The maximum atomic E-state index is 12.2. The quantitative estimate of drug-likeness (QED) is 0.890. The molecule has 2 N–H and O–H groups in total. The number of carbonyl (C=O) groups is 2. The standard InChI is InChI=1S/C18H21N3O2/c1-12(2)20-17(22)11-19-18(23)15-9-10-16(21-13(15)3)14-7-5-4-6-8-14/h4-10,12H,11H2,1-3H3,(H,19,23)(H,20,22). The third-order valence-corrected chi connectivity index (χ3v) is 3.26. The highest BCUT2D eigenvalue weighted by Crippen LogP contribution is 2.18. The molecule has 0 atom stereocenters. The van der Waals surface area contributed by atoms with Gasteiger partial charge in [0.15, 0.2) is 0 Å². The average Bonchev–Trinajstić information content (AvgIpc) is 2.52. The second-order valence-electron chi connectivity index (χ2n) is 5.60. The lowest BCUT2D eigenvalue weighted by molar-refractivity contribution is -0.120. The topological polar surface area (TPSA) is 71.1 Å². The minimum atomic E-state index is -0.298. The number of amides is 2. The van der Waals surface area contributed by atoms with Crippen molar-refractivity contribution in [3.05, 3.63) is 53.7 Å². The molecule has 0 aliphatic carbocycles. The van der Waals surface area contributed by atoms with Crippen LogP contribution in [0.4, 0.5) is 0 Å². The van der Waals surface area contributed by atoms with E-state index in [0.29, 0.717) is 11.3 Å². The van der Waals surface area contributed by atoms with Gasteiger partial charge in [0.05, 0.1) is 23.5 Å². The van der Waals surface area contributed by atoms with Crippen LogP contribution in [0.25, 0.3) is 11.3 Å². The first-order valence-corrected chi connectivity index (χ1v) is 7.58. The van der Waals surface area contributed by atoms with Crippen molar-refractivity contribution in [2.75, 3.05) is 6.54 Å².